The number of hydrogen-bond acceptors (Lipinski definition) is 0. The van der Waals surface area contributed by atoms with Gasteiger partial charge in [-0.05, 0) is 31.4 Å². The molecule has 70 valence electrons. The Morgan fingerprint density at radius 2 is 1.77 bits per heavy atom. The van der Waals surface area contributed by atoms with Gasteiger partial charge in [0.25, 0.3) is 0 Å². The molecule has 0 fully saturated rings. The van der Waals surface area contributed by atoms with Gasteiger partial charge in [-0.1, -0.05) is 37.1 Å². The number of hydrogen-bond donors (Lipinski definition) is 0. The fraction of sp³-hybridized carbons (Fsp3) is 0.385. The summed E-state index contributed by atoms with van der Waals surface area (Å²) in [5, 5.41) is 0. The Bertz CT molecular complexity index is 269. The van der Waals surface area contributed by atoms with Crippen LogP contribution in [-0.2, 0) is 6.42 Å². The van der Waals surface area contributed by atoms with Gasteiger partial charge in [-0.25, -0.2) is 0 Å². The van der Waals surface area contributed by atoms with Crippen LogP contribution in [0.25, 0.3) is 0 Å². The molecule has 1 rings (SSSR count). The Morgan fingerprint density at radius 1 is 1.15 bits per heavy atom. The maximum Gasteiger partial charge on any atom is -0.0279 e. The molecule has 0 aliphatic heterocycles. The zero-order valence-corrected chi connectivity index (χ0v) is 8.80. The topological polar surface area (TPSA) is 0 Å². The van der Waals surface area contributed by atoms with E-state index < -0.39 is 0 Å². The maximum atomic E-state index is 4.00. The Kier molecular flexibility index (Phi) is 5.72. The van der Waals surface area contributed by atoms with Crippen molar-refractivity contribution in [3.05, 3.63) is 34.9 Å². The number of aryl methyl sites for hydroxylation is 3. The first-order chi connectivity index (χ1) is 6.24. The molecule has 0 aliphatic rings. The monoisotopic (exact) mass is 174 g/mol. The van der Waals surface area contributed by atoms with Crippen molar-refractivity contribution in [1.29, 1.82) is 0 Å². The molecular weight excluding hydrogens is 156 g/mol. The molecule has 0 saturated heterocycles. The standard InChI is InChI=1S/C11H16.C2H2/c1-4-5-11-7-6-9(2)8-10(11)3;1-2/h6-8H,4-5H2,1-3H3;1-2H. The fourth-order valence-corrected chi connectivity index (χ4v) is 1.40. The van der Waals surface area contributed by atoms with Crippen molar-refractivity contribution in [2.75, 3.05) is 0 Å². The zero-order chi connectivity index (χ0) is 10.3. The SMILES string of the molecule is C#C.CCCc1ccc(C)cc1C. The van der Waals surface area contributed by atoms with Crippen molar-refractivity contribution in [3.63, 3.8) is 0 Å². The third kappa shape index (κ3) is 3.80. The van der Waals surface area contributed by atoms with Crippen LogP contribution < -0.4 is 0 Å². The van der Waals surface area contributed by atoms with E-state index in [1.54, 1.807) is 0 Å². The van der Waals surface area contributed by atoms with Crippen molar-refractivity contribution in [2.24, 2.45) is 0 Å². The molecule has 0 aromatic heterocycles. The summed E-state index contributed by atoms with van der Waals surface area (Å²) in [6.07, 6.45) is 10.5. The lowest BCUT2D eigenvalue weighted by Gasteiger charge is -2.04. The highest BCUT2D eigenvalue weighted by atomic mass is 14.0. The normalized spacial score (nSPS) is 8.69. The molecule has 0 unspecified atom stereocenters. The predicted molar refractivity (Wildman–Crippen MR) is 59.8 cm³/mol. The molecule has 0 amide bonds. The van der Waals surface area contributed by atoms with E-state index in [0.717, 1.165) is 0 Å². The summed E-state index contributed by atoms with van der Waals surface area (Å²) in [5.41, 5.74) is 4.30. The van der Waals surface area contributed by atoms with Crippen molar-refractivity contribution in [2.45, 2.75) is 33.6 Å². The molecule has 0 aliphatic carbocycles. The van der Waals surface area contributed by atoms with E-state index in [1.807, 2.05) is 0 Å². The van der Waals surface area contributed by atoms with E-state index in [1.165, 1.54) is 29.5 Å². The second kappa shape index (κ2) is 6.31. The molecule has 0 N–H and O–H groups in total. The van der Waals surface area contributed by atoms with E-state index in [0.29, 0.717) is 0 Å². The van der Waals surface area contributed by atoms with Crippen LogP contribution in [0.3, 0.4) is 0 Å². The summed E-state index contributed by atoms with van der Waals surface area (Å²) >= 11 is 0. The van der Waals surface area contributed by atoms with Crippen LogP contribution in [0.4, 0.5) is 0 Å². The van der Waals surface area contributed by atoms with Crippen LogP contribution >= 0.6 is 0 Å². The zero-order valence-electron chi connectivity index (χ0n) is 8.80. The van der Waals surface area contributed by atoms with Crippen LogP contribution in [0.5, 0.6) is 0 Å². The summed E-state index contributed by atoms with van der Waals surface area (Å²) in [5.74, 6) is 0. The van der Waals surface area contributed by atoms with Crippen molar-refractivity contribution in [3.8, 4) is 12.8 Å². The van der Waals surface area contributed by atoms with Gasteiger partial charge in [-0.3, -0.25) is 0 Å². The van der Waals surface area contributed by atoms with E-state index >= 15 is 0 Å². The molecule has 0 saturated carbocycles. The first-order valence-electron chi connectivity index (χ1n) is 4.63. The third-order valence-electron chi connectivity index (χ3n) is 2.02. The van der Waals surface area contributed by atoms with Crippen LogP contribution in [0.15, 0.2) is 18.2 Å². The lowest BCUT2D eigenvalue weighted by Crippen LogP contribution is -1.88. The minimum Gasteiger partial charge on any atom is -0.124 e. The van der Waals surface area contributed by atoms with Crippen LogP contribution in [0.1, 0.15) is 30.0 Å². The van der Waals surface area contributed by atoms with Gasteiger partial charge >= 0.3 is 0 Å². The largest absolute Gasteiger partial charge is 0.124 e. The first-order valence-corrected chi connectivity index (χ1v) is 4.63. The highest BCUT2D eigenvalue weighted by molar-refractivity contribution is 5.30. The van der Waals surface area contributed by atoms with Crippen molar-refractivity contribution in [1.82, 2.24) is 0 Å². The molecule has 0 atom stereocenters. The molecule has 0 heteroatoms. The second-order valence-corrected chi connectivity index (χ2v) is 3.18. The molecule has 0 heterocycles. The fourth-order valence-electron chi connectivity index (χ4n) is 1.40. The van der Waals surface area contributed by atoms with Gasteiger partial charge in [-0.15, -0.1) is 12.8 Å². The van der Waals surface area contributed by atoms with Crippen LogP contribution in [-0.4, -0.2) is 0 Å². The summed E-state index contributed by atoms with van der Waals surface area (Å²) in [7, 11) is 0. The predicted octanol–water partition coefficient (Wildman–Crippen LogP) is 3.51. The van der Waals surface area contributed by atoms with Gasteiger partial charge in [-0.2, -0.15) is 0 Å². The lowest BCUT2D eigenvalue weighted by atomic mass is 10.0. The lowest BCUT2D eigenvalue weighted by molar-refractivity contribution is 0.912. The summed E-state index contributed by atoms with van der Waals surface area (Å²) in [4.78, 5) is 0. The molecule has 0 radical (unpaired) electrons. The van der Waals surface area contributed by atoms with E-state index in [4.69, 9.17) is 0 Å². The minimum atomic E-state index is 1.21. The average Bonchev–Trinajstić information content (AvgIpc) is 2.14. The summed E-state index contributed by atoms with van der Waals surface area (Å²) in [6, 6.07) is 6.69. The summed E-state index contributed by atoms with van der Waals surface area (Å²) < 4.78 is 0. The molecule has 13 heavy (non-hydrogen) atoms. The number of terminal acetylenes is 1. The smallest absolute Gasteiger partial charge is 0.0279 e. The highest BCUT2D eigenvalue weighted by Crippen LogP contribution is 2.11. The third-order valence-corrected chi connectivity index (χ3v) is 2.02. The quantitative estimate of drug-likeness (QED) is 0.602. The maximum absolute atomic E-state index is 4.00. The van der Waals surface area contributed by atoms with E-state index in [-0.39, 0.29) is 0 Å². The Morgan fingerprint density at radius 3 is 2.23 bits per heavy atom. The van der Waals surface area contributed by atoms with Gasteiger partial charge < -0.3 is 0 Å². The van der Waals surface area contributed by atoms with Gasteiger partial charge in [0.15, 0.2) is 0 Å². The molecule has 0 spiro atoms. The Labute approximate surface area is 82.0 Å². The molecule has 0 bridgehead atoms. The Balaban J connectivity index is 0.000000671. The summed E-state index contributed by atoms with van der Waals surface area (Å²) in [6.45, 7) is 6.56. The van der Waals surface area contributed by atoms with E-state index in [2.05, 4.69) is 51.8 Å². The van der Waals surface area contributed by atoms with Crippen molar-refractivity contribution < 1.29 is 0 Å². The first kappa shape index (κ1) is 11.8. The highest BCUT2D eigenvalue weighted by Gasteiger charge is 1.95. The number of benzene rings is 1. The van der Waals surface area contributed by atoms with Crippen LogP contribution in [0.2, 0.25) is 0 Å². The van der Waals surface area contributed by atoms with Gasteiger partial charge in [0.1, 0.15) is 0 Å². The average molecular weight is 174 g/mol. The molecular formula is C13H18. The molecule has 1 aromatic rings. The minimum absolute atomic E-state index is 1.21. The number of rotatable bonds is 2. The van der Waals surface area contributed by atoms with Gasteiger partial charge in [0.05, 0.1) is 0 Å². The second-order valence-electron chi connectivity index (χ2n) is 3.18. The molecule has 0 nitrogen and oxygen atoms in total. The van der Waals surface area contributed by atoms with E-state index in [9.17, 15) is 0 Å². The van der Waals surface area contributed by atoms with Gasteiger partial charge in [0, 0.05) is 0 Å². The van der Waals surface area contributed by atoms with Crippen molar-refractivity contribution >= 4 is 0 Å². The van der Waals surface area contributed by atoms with Crippen LogP contribution in [0, 0.1) is 26.7 Å². The van der Waals surface area contributed by atoms with Gasteiger partial charge in [0.2, 0.25) is 0 Å². The Hall–Kier alpha value is -1.22. The molecule has 1 aromatic carbocycles.